The summed E-state index contributed by atoms with van der Waals surface area (Å²) in [6, 6.07) is 14.9. The first-order valence-electron chi connectivity index (χ1n) is 6.58. The highest BCUT2D eigenvalue weighted by Crippen LogP contribution is 2.12. The molecule has 1 aromatic carbocycles. The van der Waals surface area contributed by atoms with Gasteiger partial charge in [-0.2, -0.15) is 5.26 Å². The van der Waals surface area contributed by atoms with Crippen molar-refractivity contribution in [3.63, 3.8) is 0 Å². The number of benzene rings is 1. The minimum absolute atomic E-state index is 0.0609. The predicted octanol–water partition coefficient (Wildman–Crippen LogP) is 2.87. The lowest BCUT2D eigenvalue weighted by molar-refractivity contribution is -0.117. The number of rotatable bonds is 4. The molecule has 2 aromatic rings. The van der Waals surface area contributed by atoms with Crippen molar-refractivity contribution >= 4 is 12.0 Å². The van der Waals surface area contributed by atoms with E-state index in [4.69, 9.17) is 5.26 Å². The topological polar surface area (TPSA) is 65.8 Å². The van der Waals surface area contributed by atoms with Crippen LogP contribution in [0.1, 0.15) is 24.1 Å². The van der Waals surface area contributed by atoms with Gasteiger partial charge in [0.1, 0.15) is 11.6 Å². The van der Waals surface area contributed by atoms with Gasteiger partial charge in [-0.25, -0.2) is 0 Å². The molecule has 104 valence electrons. The minimum atomic E-state index is -0.391. The number of amides is 1. The summed E-state index contributed by atoms with van der Waals surface area (Å²) in [6.07, 6.45) is 4.77. The molecule has 0 saturated heterocycles. The monoisotopic (exact) mass is 277 g/mol. The molecular formula is C17H15N3O. The molecule has 21 heavy (non-hydrogen) atoms. The van der Waals surface area contributed by atoms with Gasteiger partial charge in [0.15, 0.2) is 0 Å². The van der Waals surface area contributed by atoms with E-state index < -0.39 is 5.91 Å². The van der Waals surface area contributed by atoms with Gasteiger partial charge in [0.25, 0.3) is 5.91 Å². The third kappa shape index (κ3) is 4.02. The van der Waals surface area contributed by atoms with Gasteiger partial charge in [-0.05, 0) is 30.2 Å². The Morgan fingerprint density at radius 3 is 2.67 bits per heavy atom. The number of nitrogens with zero attached hydrogens (tertiary/aromatic N) is 2. The first-order valence-corrected chi connectivity index (χ1v) is 6.58. The van der Waals surface area contributed by atoms with Crippen molar-refractivity contribution in [2.45, 2.75) is 13.0 Å². The van der Waals surface area contributed by atoms with Crippen molar-refractivity contribution in [1.29, 1.82) is 5.26 Å². The molecule has 0 saturated carbocycles. The van der Waals surface area contributed by atoms with Gasteiger partial charge in [-0.15, -0.1) is 0 Å². The second-order valence-electron chi connectivity index (χ2n) is 4.56. The standard InChI is InChI=1S/C17H15N3O/c1-13(15-7-3-2-4-8-15)20-17(21)16(11-18)10-14-6-5-9-19-12-14/h2-10,12-13H,1H3,(H,20,21)/b16-10+/t13-/m1/s1. The van der Waals surface area contributed by atoms with Crippen LogP contribution in [-0.4, -0.2) is 10.9 Å². The Balaban J connectivity index is 2.11. The van der Waals surface area contributed by atoms with Crippen molar-refractivity contribution in [3.8, 4) is 6.07 Å². The molecule has 4 nitrogen and oxygen atoms in total. The highest BCUT2D eigenvalue weighted by molar-refractivity contribution is 6.01. The Morgan fingerprint density at radius 2 is 2.05 bits per heavy atom. The highest BCUT2D eigenvalue weighted by atomic mass is 16.1. The molecular weight excluding hydrogens is 262 g/mol. The second kappa shape index (κ2) is 7.01. The van der Waals surface area contributed by atoms with Gasteiger partial charge in [-0.1, -0.05) is 36.4 Å². The van der Waals surface area contributed by atoms with Crippen LogP contribution in [0.15, 0.2) is 60.4 Å². The lowest BCUT2D eigenvalue weighted by atomic mass is 10.1. The molecule has 0 aliphatic carbocycles. The lowest BCUT2D eigenvalue weighted by Crippen LogP contribution is -2.27. The molecule has 1 amide bonds. The summed E-state index contributed by atoms with van der Waals surface area (Å²) in [5.41, 5.74) is 1.77. The Hall–Kier alpha value is -2.93. The normalized spacial score (nSPS) is 12.3. The van der Waals surface area contributed by atoms with Crippen LogP contribution in [0.3, 0.4) is 0 Å². The molecule has 0 bridgehead atoms. The number of aromatic nitrogens is 1. The third-order valence-corrected chi connectivity index (χ3v) is 3.01. The fourth-order valence-electron chi connectivity index (χ4n) is 1.88. The number of hydrogen-bond acceptors (Lipinski definition) is 3. The molecule has 2 rings (SSSR count). The molecule has 1 N–H and O–H groups in total. The van der Waals surface area contributed by atoms with E-state index in [9.17, 15) is 4.79 Å². The number of nitrogens with one attached hydrogen (secondary N) is 1. The number of pyridine rings is 1. The molecule has 0 fully saturated rings. The fraction of sp³-hybridized carbons (Fsp3) is 0.118. The first kappa shape index (κ1) is 14.5. The first-order chi connectivity index (χ1) is 10.2. The number of carbonyl (C=O) groups excluding carboxylic acids is 1. The number of carbonyl (C=O) groups is 1. The SMILES string of the molecule is C[C@@H](NC(=O)/C(C#N)=C/c1cccnc1)c1ccccc1. The quantitative estimate of drug-likeness (QED) is 0.690. The van der Waals surface area contributed by atoms with E-state index in [-0.39, 0.29) is 11.6 Å². The molecule has 4 heteroatoms. The largest absolute Gasteiger partial charge is 0.345 e. The average Bonchev–Trinajstić information content (AvgIpc) is 2.54. The van der Waals surface area contributed by atoms with E-state index in [0.29, 0.717) is 0 Å². The zero-order chi connectivity index (χ0) is 15.1. The van der Waals surface area contributed by atoms with E-state index in [0.717, 1.165) is 11.1 Å². The van der Waals surface area contributed by atoms with E-state index >= 15 is 0 Å². The van der Waals surface area contributed by atoms with Gasteiger partial charge in [0.2, 0.25) is 0 Å². The van der Waals surface area contributed by atoms with Gasteiger partial charge >= 0.3 is 0 Å². The van der Waals surface area contributed by atoms with Gasteiger partial charge in [0, 0.05) is 12.4 Å². The van der Waals surface area contributed by atoms with Crippen LogP contribution in [0.2, 0.25) is 0 Å². The van der Waals surface area contributed by atoms with Crippen LogP contribution >= 0.6 is 0 Å². The number of hydrogen-bond donors (Lipinski definition) is 1. The molecule has 1 atom stereocenters. The maximum absolute atomic E-state index is 12.1. The summed E-state index contributed by atoms with van der Waals surface area (Å²) in [5.74, 6) is -0.391. The Bertz CT molecular complexity index is 672. The smallest absolute Gasteiger partial charge is 0.262 e. The molecule has 0 aliphatic rings. The van der Waals surface area contributed by atoms with Gasteiger partial charge < -0.3 is 5.32 Å². The van der Waals surface area contributed by atoms with Crippen LogP contribution in [0.4, 0.5) is 0 Å². The van der Waals surface area contributed by atoms with E-state index in [2.05, 4.69) is 10.3 Å². The van der Waals surface area contributed by atoms with Crippen LogP contribution in [0.25, 0.3) is 6.08 Å². The lowest BCUT2D eigenvalue weighted by Gasteiger charge is -2.13. The van der Waals surface area contributed by atoms with Gasteiger partial charge in [0.05, 0.1) is 6.04 Å². The molecule has 0 aliphatic heterocycles. The fourth-order valence-corrected chi connectivity index (χ4v) is 1.88. The van der Waals surface area contributed by atoms with Crippen LogP contribution in [0.5, 0.6) is 0 Å². The van der Waals surface area contributed by atoms with Crippen molar-refractivity contribution in [3.05, 3.63) is 71.6 Å². The summed E-state index contributed by atoms with van der Waals surface area (Å²) in [6.45, 7) is 1.88. The zero-order valence-electron chi connectivity index (χ0n) is 11.7. The van der Waals surface area contributed by atoms with Crippen LogP contribution < -0.4 is 5.32 Å². The maximum Gasteiger partial charge on any atom is 0.262 e. The molecule has 0 radical (unpaired) electrons. The van der Waals surface area contributed by atoms with Crippen molar-refractivity contribution < 1.29 is 4.79 Å². The second-order valence-corrected chi connectivity index (χ2v) is 4.56. The average molecular weight is 277 g/mol. The third-order valence-electron chi connectivity index (χ3n) is 3.01. The summed E-state index contributed by atoms with van der Waals surface area (Å²) >= 11 is 0. The Labute approximate surface area is 123 Å². The van der Waals surface area contributed by atoms with Crippen LogP contribution in [-0.2, 0) is 4.79 Å². The van der Waals surface area contributed by atoms with Crippen molar-refractivity contribution in [2.24, 2.45) is 0 Å². The molecule has 1 aromatic heterocycles. The summed E-state index contributed by atoms with van der Waals surface area (Å²) in [4.78, 5) is 16.1. The van der Waals surface area contributed by atoms with E-state index in [1.165, 1.54) is 6.08 Å². The van der Waals surface area contributed by atoms with Crippen molar-refractivity contribution in [1.82, 2.24) is 10.3 Å². The summed E-state index contributed by atoms with van der Waals surface area (Å²) in [5, 5.41) is 12.0. The highest BCUT2D eigenvalue weighted by Gasteiger charge is 2.13. The maximum atomic E-state index is 12.1. The minimum Gasteiger partial charge on any atom is -0.345 e. The molecule has 0 spiro atoms. The van der Waals surface area contributed by atoms with Crippen LogP contribution in [0, 0.1) is 11.3 Å². The number of nitriles is 1. The molecule has 0 unspecified atom stereocenters. The predicted molar refractivity (Wildman–Crippen MR) is 80.8 cm³/mol. The summed E-state index contributed by atoms with van der Waals surface area (Å²) in [7, 11) is 0. The van der Waals surface area contributed by atoms with E-state index in [1.807, 2.05) is 43.3 Å². The van der Waals surface area contributed by atoms with Crippen molar-refractivity contribution in [2.75, 3.05) is 0 Å². The zero-order valence-corrected chi connectivity index (χ0v) is 11.7. The Morgan fingerprint density at radius 1 is 1.29 bits per heavy atom. The molecule has 1 heterocycles. The summed E-state index contributed by atoms with van der Waals surface area (Å²) < 4.78 is 0. The Kier molecular flexibility index (Phi) is 4.84. The van der Waals surface area contributed by atoms with Gasteiger partial charge in [-0.3, -0.25) is 9.78 Å². The van der Waals surface area contributed by atoms with E-state index in [1.54, 1.807) is 24.5 Å².